The summed E-state index contributed by atoms with van der Waals surface area (Å²) in [5, 5.41) is 37.4. The molecule has 0 aliphatic heterocycles. The monoisotopic (exact) mass is 335 g/mol. The van der Waals surface area contributed by atoms with Gasteiger partial charge < -0.3 is 25.7 Å². The molecule has 0 aromatic rings. The maximum atomic E-state index is 10.8. The van der Waals surface area contributed by atoms with Gasteiger partial charge in [-0.15, -0.1) is 0 Å². The van der Waals surface area contributed by atoms with Gasteiger partial charge in [-0.2, -0.15) is 0 Å². The lowest BCUT2D eigenvalue weighted by atomic mass is 10.3. The summed E-state index contributed by atoms with van der Waals surface area (Å²) in [4.78, 5) is 45.1. The predicted octanol–water partition coefficient (Wildman–Crippen LogP) is -2.48. The standard InChI is InChI=1S/C12H21N3O8/c16-9(17)5-13-1-2-14(6-10(18)19)3-4-15(7-11(20)21)8-12(22)23/h13H,1-8H2,(H,16,17)(H,18,19)(H,20,21)(H,22,23). The maximum Gasteiger partial charge on any atom is 0.317 e. The molecule has 0 amide bonds. The molecule has 11 heteroatoms. The summed E-state index contributed by atoms with van der Waals surface area (Å²) in [6.45, 7) is -0.847. The van der Waals surface area contributed by atoms with Crippen molar-refractivity contribution in [1.82, 2.24) is 15.1 Å². The fourth-order valence-electron chi connectivity index (χ4n) is 1.77. The van der Waals surface area contributed by atoms with E-state index in [1.165, 1.54) is 9.80 Å². The molecule has 0 bridgehead atoms. The lowest BCUT2D eigenvalue weighted by molar-refractivity contribution is -0.143. The van der Waals surface area contributed by atoms with Gasteiger partial charge in [0.05, 0.1) is 26.2 Å². The fraction of sp³-hybridized carbons (Fsp3) is 0.667. The van der Waals surface area contributed by atoms with Gasteiger partial charge in [0.25, 0.3) is 0 Å². The molecule has 132 valence electrons. The van der Waals surface area contributed by atoms with E-state index in [4.69, 9.17) is 20.4 Å². The van der Waals surface area contributed by atoms with Gasteiger partial charge in [0.15, 0.2) is 0 Å². The summed E-state index contributed by atoms with van der Waals surface area (Å²) in [5.74, 6) is -4.49. The largest absolute Gasteiger partial charge is 0.480 e. The van der Waals surface area contributed by atoms with Crippen LogP contribution in [0.15, 0.2) is 0 Å². The number of carboxylic acids is 4. The molecule has 0 aromatic heterocycles. The van der Waals surface area contributed by atoms with Crippen molar-refractivity contribution in [3.63, 3.8) is 0 Å². The van der Waals surface area contributed by atoms with Crippen molar-refractivity contribution < 1.29 is 39.6 Å². The molecular formula is C12H21N3O8. The van der Waals surface area contributed by atoms with Crippen LogP contribution in [0, 0.1) is 0 Å². The Hall–Kier alpha value is -2.24. The molecule has 0 radical (unpaired) electrons. The van der Waals surface area contributed by atoms with Crippen molar-refractivity contribution in [1.29, 1.82) is 0 Å². The highest BCUT2D eigenvalue weighted by molar-refractivity contribution is 5.72. The lowest BCUT2D eigenvalue weighted by Gasteiger charge is -2.24. The first kappa shape index (κ1) is 20.8. The van der Waals surface area contributed by atoms with Crippen LogP contribution in [-0.4, -0.2) is 106 Å². The molecule has 0 heterocycles. The molecule has 0 saturated heterocycles. The van der Waals surface area contributed by atoms with E-state index in [1.807, 2.05) is 0 Å². The van der Waals surface area contributed by atoms with E-state index >= 15 is 0 Å². The smallest absolute Gasteiger partial charge is 0.317 e. The van der Waals surface area contributed by atoms with Crippen molar-refractivity contribution in [3.05, 3.63) is 0 Å². The van der Waals surface area contributed by atoms with Gasteiger partial charge in [0.1, 0.15) is 0 Å². The number of hydrogen-bond donors (Lipinski definition) is 5. The number of aliphatic carboxylic acids is 4. The van der Waals surface area contributed by atoms with Crippen LogP contribution >= 0.6 is 0 Å². The van der Waals surface area contributed by atoms with E-state index in [9.17, 15) is 19.2 Å². The van der Waals surface area contributed by atoms with E-state index in [2.05, 4.69) is 5.32 Å². The molecule has 0 spiro atoms. The minimum atomic E-state index is -1.18. The quantitative estimate of drug-likeness (QED) is 0.213. The second-order valence-electron chi connectivity index (χ2n) is 4.74. The molecule has 0 unspecified atom stereocenters. The summed E-state index contributed by atoms with van der Waals surface area (Å²) in [6, 6.07) is 0. The summed E-state index contributed by atoms with van der Waals surface area (Å²) >= 11 is 0. The Morgan fingerprint density at radius 1 is 0.652 bits per heavy atom. The van der Waals surface area contributed by atoms with Crippen molar-refractivity contribution in [2.75, 3.05) is 52.4 Å². The molecule has 23 heavy (non-hydrogen) atoms. The van der Waals surface area contributed by atoms with Gasteiger partial charge in [-0.25, -0.2) is 0 Å². The Labute approximate surface area is 132 Å². The molecule has 0 rings (SSSR count). The molecule has 0 saturated carbocycles. The Morgan fingerprint density at radius 3 is 1.52 bits per heavy atom. The van der Waals surface area contributed by atoms with Gasteiger partial charge in [-0.3, -0.25) is 29.0 Å². The highest BCUT2D eigenvalue weighted by Gasteiger charge is 2.16. The summed E-state index contributed by atoms with van der Waals surface area (Å²) in [5.41, 5.74) is 0. The zero-order valence-corrected chi connectivity index (χ0v) is 12.5. The SMILES string of the molecule is O=C(O)CNCCN(CCN(CC(=O)O)CC(=O)O)CC(=O)O. The van der Waals surface area contributed by atoms with Gasteiger partial charge in [-0.1, -0.05) is 0 Å². The second kappa shape index (κ2) is 11.3. The maximum absolute atomic E-state index is 10.8. The van der Waals surface area contributed by atoms with Crippen LogP contribution in [0.25, 0.3) is 0 Å². The van der Waals surface area contributed by atoms with Crippen LogP contribution in [0.1, 0.15) is 0 Å². The van der Waals surface area contributed by atoms with Crippen LogP contribution in [0.4, 0.5) is 0 Å². The third-order valence-electron chi connectivity index (χ3n) is 2.69. The van der Waals surface area contributed by atoms with Gasteiger partial charge in [0, 0.05) is 26.2 Å². The molecule has 11 nitrogen and oxygen atoms in total. The number of rotatable bonds is 14. The Bertz CT molecular complexity index is 413. The first-order valence-electron chi connectivity index (χ1n) is 6.73. The summed E-state index contributed by atoms with van der Waals surface area (Å²) in [6.07, 6.45) is 0. The van der Waals surface area contributed by atoms with Crippen LogP contribution in [0.2, 0.25) is 0 Å². The first-order valence-corrected chi connectivity index (χ1v) is 6.73. The van der Waals surface area contributed by atoms with E-state index < -0.39 is 37.0 Å². The number of nitrogens with zero attached hydrogens (tertiary/aromatic N) is 2. The highest BCUT2D eigenvalue weighted by atomic mass is 16.4. The van der Waals surface area contributed by atoms with Crippen molar-refractivity contribution in [2.24, 2.45) is 0 Å². The van der Waals surface area contributed by atoms with Crippen molar-refractivity contribution in [3.8, 4) is 0 Å². The topological polar surface area (TPSA) is 168 Å². The van der Waals surface area contributed by atoms with Gasteiger partial charge in [0.2, 0.25) is 0 Å². The number of hydrogen-bond acceptors (Lipinski definition) is 7. The normalized spacial score (nSPS) is 10.9. The average molecular weight is 335 g/mol. The van der Waals surface area contributed by atoms with E-state index in [0.717, 1.165) is 0 Å². The third kappa shape index (κ3) is 13.2. The minimum Gasteiger partial charge on any atom is -0.480 e. The highest BCUT2D eigenvalue weighted by Crippen LogP contribution is 1.94. The number of carbonyl (C=O) groups is 4. The Balaban J connectivity index is 4.41. The minimum absolute atomic E-state index is 0.0603. The van der Waals surface area contributed by atoms with Crippen LogP contribution in [-0.2, 0) is 19.2 Å². The zero-order valence-electron chi connectivity index (χ0n) is 12.5. The van der Waals surface area contributed by atoms with Crippen molar-refractivity contribution >= 4 is 23.9 Å². The molecule has 0 aromatic carbocycles. The Morgan fingerprint density at radius 2 is 1.09 bits per heavy atom. The molecule has 0 atom stereocenters. The van der Waals surface area contributed by atoms with E-state index in [1.54, 1.807) is 0 Å². The van der Waals surface area contributed by atoms with E-state index in [-0.39, 0.29) is 39.3 Å². The van der Waals surface area contributed by atoms with Gasteiger partial charge in [-0.05, 0) is 0 Å². The van der Waals surface area contributed by atoms with Crippen LogP contribution in [0.3, 0.4) is 0 Å². The molecular weight excluding hydrogens is 314 g/mol. The average Bonchev–Trinajstić information content (AvgIpc) is 2.38. The molecule has 0 aliphatic carbocycles. The second-order valence-corrected chi connectivity index (χ2v) is 4.74. The zero-order chi connectivity index (χ0) is 17.8. The lowest BCUT2D eigenvalue weighted by Crippen LogP contribution is -2.44. The van der Waals surface area contributed by atoms with Crippen molar-refractivity contribution in [2.45, 2.75) is 0 Å². The Kier molecular flexibility index (Phi) is 10.2. The van der Waals surface area contributed by atoms with Gasteiger partial charge >= 0.3 is 23.9 Å². The van der Waals surface area contributed by atoms with Crippen LogP contribution < -0.4 is 5.32 Å². The van der Waals surface area contributed by atoms with E-state index in [0.29, 0.717) is 0 Å². The molecule has 0 fully saturated rings. The predicted molar refractivity (Wildman–Crippen MR) is 76.3 cm³/mol. The summed E-state index contributed by atoms with van der Waals surface area (Å²) in [7, 11) is 0. The number of nitrogens with one attached hydrogen (secondary N) is 1. The molecule has 0 aliphatic rings. The number of carboxylic acid groups (broad SMARTS) is 4. The molecule has 5 N–H and O–H groups in total. The fourth-order valence-corrected chi connectivity index (χ4v) is 1.77. The summed E-state index contributed by atoms with van der Waals surface area (Å²) < 4.78 is 0. The third-order valence-corrected chi connectivity index (χ3v) is 2.69. The first-order chi connectivity index (χ1) is 10.7. The van der Waals surface area contributed by atoms with Crippen LogP contribution in [0.5, 0.6) is 0 Å².